The van der Waals surface area contributed by atoms with Gasteiger partial charge in [0.15, 0.2) is 0 Å². The predicted molar refractivity (Wildman–Crippen MR) is 130 cm³/mol. The van der Waals surface area contributed by atoms with Gasteiger partial charge in [0.1, 0.15) is 12.1 Å². The minimum atomic E-state index is -2.77. The van der Waals surface area contributed by atoms with Gasteiger partial charge in [-0.15, -0.1) is 0 Å². The molecule has 11 heteroatoms. The zero-order valence-corrected chi connectivity index (χ0v) is 20.3. The van der Waals surface area contributed by atoms with E-state index in [0.29, 0.717) is 31.4 Å². The Balaban J connectivity index is 0.000000784. The van der Waals surface area contributed by atoms with Crippen molar-refractivity contribution in [3.05, 3.63) is 54.5 Å². The molecular weight excluding hydrogens is 456 g/mol. The van der Waals surface area contributed by atoms with Crippen LogP contribution in [0, 0.1) is 5.92 Å². The van der Waals surface area contributed by atoms with Crippen LogP contribution in [0.4, 0.5) is 8.78 Å². The molecule has 0 spiro atoms. The molecule has 0 saturated carbocycles. The Morgan fingerprint density at radius 1 is 1.23 bits per heavy atom. The Bertz CT molecular complexity index is 977. The molecule has 2 heterocycles. The number of nitrogens with one attached hydrogen (secondary N) is 2. The molecule has 6 N–H and O–H groups in total. The molecule has 0 bridgehead atoms. The number of carbonyl (C=O) groups excluding carboxylic acids is 2. The number of rotatable bonds is 8. The van der Waals surface area contributed by atoms with Crippen molar-refractivity contribution in [2.45, 2.75) is 51.6 Å². The molecule has 0 aliphatic carbocycles. The van der Waals surface area contributed by atoms with E-state index in [9.17, 15) is 18.4 Å². The number of carbonyl (C=O) groups is 2. The number of hydrazine groups is 1. The van der Waals surface area contributed by atoms with Crippen LogP contribution in [-0.4, -0.2) is 45.5 Å². The molecule has 2 amide bonds. The molecule has 192 valence electrons. The fraction of sp³-hybridized carbons (Fsp3) is 0.458. The van der Waals surface area contributed by atoms with E-state index in [-0.39, 0.29) is 11.8 Å². The summed E-state index contributed by atoms with van der Waals surface area (Å²) in [6, 6.07) is 6.38. The van der Waals surface area contributed by atoms with E-state index in [1.807, 2.05) is 19.9 Å². The number of likely N-dealkylation sites (tertiary alicyclic amines) is 1. The van der Waals surface area contributed by atoms with Crippen molar-refractivity contribution in [1.29, 1.82) is 0 Å². The molecule has 2 atom stereocenters. The van der Waals surface area contributed by atoms with Crippen molar-refractivity contribution >= 4 is 11.8 Å². The van der Waals surface area contributed by atoms with Crippen LogP contribution in [0.1, 0.15) is 44.7 Å². The predicted octanol–water partition coefficient (Wildman–Crippen LogP) is 2.43. The van der Waals surface area contributed by atoms with Crippen LogP contribution in [0.2, 0.25) is 0 Å². The maximum absolute atomic E-state index is 13.8. The van der Waals surface area contributed by atoms with Gasteiger partial charge in [0.05, 0.1) is 5.69 Å². The summed E-state index contributed by atoms with van der Waals surface area (Å²) in [6.45, 7) is 4.36. The minimum Gasteiger partial charge on any atom is -0.403 e. The van der Waals surface area contributed by atoms with Crippen molar-refractivity contribution in [1.82, 2.24) is 25.4 Å². The van der Waals surface area contributed by atoms with E-state index >= 15 is 0 Å². The number of amides is 2. The smallest absolute Gasteiger partial charge is 0.262 e. The van der Waals surface area contributed by atoms with Crippen molar-refractivity contribution < 1.29 is 18.4 Å². The highest BCUT2D eigenvalue weighted by Crippen LogP contribution is 2.26. The zero-order valence-electron chi connectivity index (χ0n) is 20.3. The number of halogens is 2. The molecule has 1 aromatic heterocycles. The monoisotopic (exact) mass is 491 g/mol. The fourth-order valence-corrected chi connectivity index (χ4v) is 3.92. The number of aryl methyl sites for hydroxylation is 1. The number of alkyl halides is 2. The Morgan fingerprint density at radius 2 is 1.91 bits per heavy atom. The Kier molecular flexibility index (Phi) is 10.7. The number of hydrogen-bond acceptors (Lipinski definition) is 6. The van der Waals surface area contributed by atoms with Gasteiger partial charge in [-0.25, -0.2) is 8.78 Å². The molecule has 9 nitrogen and oxygen atoms in total. The van der Waals surface area contributed by atoms with Gasteiger partial charge in [-0.3, -0.25) is 20.1 Å². The third-order valence-electron chi connectivity index (χ3n) is 5.59. The Hall–Kier alpha value is -3.47. The minimum absolute atomic E-state index is 0.100. The second-order valence-electron chi connectivity index (χ2n) is 8.65. The van der Waals surface area contributed by atoms with Gasteiger partial charge in [0.25, 0.3) is 6.43 Å². The van der Waals surface area contributed by atoms with Crippen LogP contribution in [0.25, 0.3) is 11.3 Å². The maximum Gasteiger partial charge on any atom is 0.262 e. The molecule has 0 radical (unpaired) electrons. The quantitative estimate of drug-likeness (QED) is 0.331. The lowest BCUT2D eigenvalue weighted by molar-refractivity contribution is -0.139. The van der Waals surface area contributed by atoms with E-state index in [1.165, 1.54) is 17.3 Å². The maximum atomic E-state index is 13.8. The van der Waals surface area contributed by atoms with Crippen LogP contribution in [0.3, 0.4) is 0 Å². The van der Waals surface area contributed by atoms with Crippen LogP contribution >= 0.6 is 0 Å². The second kappa shape index (κ2) is 13.4. The van der Waals surface area contributed by atoms with Gasteiger partial charge in [0, 0.05) is 38.6 Å². The molecule has 2 unspecified atom stereocenters. The lowest BCUT2D eigenvalue weighted by Gasteiger charge is -2.27. The van der Waals surface area contributed by atoms with Gasteiger partial charge in [-0.1, -0.05) is 38.1 Å². The van der Waals surface area contributed by atoms with Gasteiger partial charge in [-0.2, -0.15) is 5.10 Å². The summed E-state index contributed by atoms with van der Waals surface area (Å²) in [5, 5.41) is 6.59. The average molecular weight is 492 g/mol. The summed E-state index contributed by atoms with van der Waals surface area (Å²) in [6.07, 6.45) is 3.18. The van der Waals surface area contributed by atoms with E-state index in [4.69, 9.17) is 11.6 Å². The standard InChI is InChI=1S/C22H28F2N4O2.C2H7N3/c1-14(2)13-19(29)28-12-4-5-18(28)22(30)26-20(21(23)24)16-8-6-15(7-9-16)17-10-11-25-27(17)3;3-1-2-5-4/h6-11,14,18,20-21H,4-5,12-13H2,1-3H3,(H,26,30);1-2,5H,3-4H2/b;2-1-. The molecule has 35 heavy (non-hydrogen) atoms. The van der Waals surface area contributed by atoms with Crippen LogP contribution < -0.4 is 22.3 Å². The molecule has 1 saturated heterocycles. The fourth-order valence-electron chi connectivity index (χ4n) is 3.92. The van der Waals surface area contributed by atoms with Crippen molar-refractivity contribution in [2.75, 3.05) is 6.54 Å². The number of aromatic nitrogens is 2. The summed E-state index contributed by atoms with van der Waals surface area (Å²) in [4.78, 5) is 26.7. The molecule has 1 aliphatic rings. The van der Waals surface area contributed by atoms with Gasteiger partial charge in [-0.05, 0) is 36.0 Å². The van der Waals surface area contributed by atoms with E-state index in [0.717, 1.165) is 11.3 Å². The molecular formula is C24H35F2N7O2. The molecule has 1 aliphatic heterocycles. The first kappa shape index (κ1) is 27.8. The first-order valence-electron chi connectivity index (χ1n) is 11.5. The Morgan fingerprint density at radius 3 is 2.40 bits per heavy atom. The largest absolute Gasteiger partial charge is 0.403 e. The van der Waals surface area contributed by atoms with Gasteiger partial charge in [0.2, 0.25) is 11.8 Å². The average Bonchev–Trinajstić information content (AvgIpc) is 3.47. The highest BCUT2D eigenvalue weighted by molar-refractivity contribution is 5.88. The summed E-state index contributed by atoms with van der Waals surface area (Å²) in [5.41, 5.74) is 9.06. The van der Waals surface area contributed by atoms with Gasteiger partial charge < -0.3 is 21.4 Å². The molecule has 1 aromatic carbocycles. The van der Waals surface area contributed by atoms with Crippen LogP contribution in [0.5, 0.6) is 0 Å². The zero-order chi connectivity index (χ0) is 26.0. The van der Waals surface area contributed by atoms with Crippen molar-refractivity contribution in [2.24, 2.45) is 24.5 Å². The Labute approximate surface area is 204 Å². The topological polar surface area (TPSA) is 131 Å². The lowest BCUT2D eigenvalue weighted by Crippen LogP contribution is -2.48. The summed E-state index contributed by atoms with van der Waals surface area (Å²) >= 11 is 0. The number of nitrogens with two attached hydrogens (primary N) is 2. The van der Waals surface area contributed by atoms with Gasteiger partial charge >= 0.3 is 0 Å². The summed E-state index contributed by atoms with van der Waals surface area (Å²) in [5.74, 6) is 4.27. The second-order valence-corrected chi connectivity index (χ2v) is 8.65. The van der Waals surface area contributed by atoms with E-state index in [1.54, 1.807) is 42.2 Å². The van der Waals surface area contributed by atoms with E-state index < -0.39 is 24.4 Å². The first-order chi connectivity index (χ1) is 16.7. The third-order valence-corrected chi connectivity index (χ3v) is 5.59. The van der Waals surface area contributed by atoms with Crippen LogP contribution in [0.15, 0.2) is 48.9 Å². The number of hydrogen-bond donors (Lipinski definition) is 4. The number of benzene rings is 1. The lowest BCUT2D eigenvalue weighted by atomic mass is 10.0. The number of nitrogens with zero attached hydrogens (tertiary/aromatic N) is 3. The van der Waals surface area contributed by atoms with Crippen molar-refractivity contribution in [3.63, 3.8) is 0 Å². The SMILES string of the molecule is CC(C)CC(=O)N1CCCC1C(=O)NC(c1ccc(-c2ccnn2C)cc1)C(F)F.N/C=C\NN. The summed E-state index contributed by atoms with van der Waals surface area (Å²) < 4.78 is 29.3. The normalized spacial score (nSPS) is 16.3. The third kappa shape index (κ3) is 7.78. The van der Waals surface area contributed by atoms with Crippen LogP contribution in [-0.2, 0) is 16.6 Å². The molecule has 2 aromatic rings. The highest BCUT2D eigenvalue weighted by atomic mass is 19.3. The molecule has 3 rings (SSSR count). The van der Waals surface area contributed by atoms with Crippen molar-refractivity contribution in [3.8, 4) is 11.3 Å². The first-order valence-corrected chi connectivity index (χ1v) is 11.5. The van der Waals surface area contributed by atoms with E-state index in [2.05, 4.69) is 15.8 Å². The molecule has 1 fully saturated rings. The summed E-state index contributed by atoms with van der Waals surface area (Å²) in [7, 11) is 1.80. The highest BCUT2D eigenvalue weighted by Gasteiger charge is 2.36.